The molecule has 0 saturated heterocycles. The smallest absolute Gasteiger partial charge is 0.124 e. The molecule has 0 aromatic heterocycles. The molecule has 0 aliphatic rings. The number of halogens is 3. The Labute approximate surface area is 126 Å². The van der Waals surface area contributed by atoms with Crippen molar-refractivity contribution in [2.75, 3.05) is 0 Å². The Kier molecular flexibility index (Phi) is 5.00. The van der Waals surface area contributed by atoms with Crippen LogP contribution in [0, 0.1) is 11.7 Å². The lowest BCUT2D eigenvalue weighted by molar-refractivity contribution is 0.570. The lowest BCUT2D eigenvalue weighted by Gasteiger charge is -2.19. The van der Waals surface area contributed by atoms with E-state index in [2.05, 4.69) is 35.0 Å². The van der Waals surface area contributed by atoms with Gasteiger partial charge in [-0.1, -0.05) is 70.9 Å². The van der Waals surface area contributed by atoms with Crippen LogP contribution in [0.25, 0.3) is 0 Å². The van der Waals surface area contributed by atoms with Crippen LogP contribution in [0.1, 0.15) is 22.9 Å². The van der Waals surface area contributed by atoms with Crippen LogP contribution in [0.2, 0.25) is 5.02 Å². The number of hydrogen-bond donors (Lipinski definition) is 0. The second-order valence-electron chi connectivity index (χ2n) is 4.73. The van der Waals surface area contributed by atoms with E-state index in [4.69, 9.17) is 11.6 Å². The Morgan fingerprint density at radius 1 is 1.16 bits per heavy atom. The molecule has 0 amide bonds. The molecule has 100 valence electrons. The Morgan fingerprint density at radius 2 is 1.84 bits per heavy atom. The van der Waals surface area contributed by atoms with Gasteiger partial charge >= 0.3 is 0 Å². The highest BCUT2D eigenvalue weighted by molar-refractivity contribution is 9.09. The first-order chi connectivity index (χ1) is 9.08. The fourth-order valence-corrected chi connectivity index (χ4v) is 2.84. The predicted octanol–water partition coefficient (Wildman–Crippen LogP) is 5.79. The summed E-state index contributed by atoms with van der Waals surface area (Å²) in [5.41, 5.74) is 2.23. The standard InChI is InChI=1S/C16H15BrClF/c1-11(16(17)12-5-3-2-4-6-12)9-13-7-8-14(19)10-15(13)18/h2-8,10-11,16H,9H2,1H3. The molecular formula is C16H15BrClF. The monoisotopic (exact) mass is 340 g/mol. The summed E-state index contributed by atoms with van der Waals surface area (Å²) < 4.78 is 13.0. The second kappa shape index (κ2) is 6.53. The van der Waals surface area contributed by atoms with Gasteiger partial charge < -0.3 is 0 Å². The molecule has 0 fully saturated rings. The molecule has 19 heavy (non-hydrogen) atoms. The van der Waals surface area contributed by atoms with E-state index in [1.807, 2.05) is 18.2 Å². The molecule has 0 heterocycles. The van der Waals surface area contributed by atoms with Crippen molar-refractivity contribution in [3.63, 3.8) is 0 Å². The number of hydrogen-bond acceptors (Lipinski definition) is 0. The van der Waals surface area contributed by atoms with Gasteiger partial charge in [0, 0.05) is 9.85 Å². The van der Waals surface area contributed by atoms with Crippen molar-refractivity contribution in [1.82, 2.24) is 0 Å². The third-order valence-corrected chi connectivity index (χ3v) is 4.96. The molecule has 2 aromatic rings. The highest BCUT2D eigenvalue weighted by atomic mass is 79.9. The van der Waals surface area contributed by atoms with Crippen LogP contribution in [0.4, 0.5) is 4.39 Å². The van der Waals surface area contributed by atoms with Crippen LogP contribution in [0.15, 0.2) is 48.5 Å². The summed E-state index contributed by atoms with van der Waals surface area (Å²) in [7, 11) is 0. The minimum absolute atomic E-state index is 0.259. The minimum atomic E-state index is -0.292. The summed E-state index contributed by atoms with van der Waals surface area (Å²) in [5.74, 6) is 0.0743. The van der Waals surface area contributed by atoms with Crippen molar-refractivity contribution in [1.29, 1.82) is 0 Å². The predicted molar refractivity (Wildman–Crippen MR) is 82.4 cm³/mol. The van der Waals surface area contributed by atoms with E-state index in [0.29, 0.717) is 10.9 Å². The lowest BCUT2D eigenvalue weighted by atomic mass is 9.94. The van der Waals surface area contributed by atoms with E-state index in [-0.39, 0.29) is 10.6 Å². The van der Waals surface area contributed by atoms with Gasteiger partial charge in [0.1, 0.15) is 5.82 Å². The molecule has 2 aromatic carbocycles. The first-order valence-electron chi connectivity index (χ1n) is 6.21. The zero-order valence-corrected chi connectivity index (χ0v) is 13.0. The van der Waals surface area contributed by atoms with E-state index in [1.165, 1.54) is 17.7 Å². The van der Waals surface area contributed by atoms with Gasteiger partial charge in [0.25, 0.3) is 0 Å². The summed E-state index contributed by atoms with van der Waals surface area (Å²) in [6, 6.07) is 14.9. The fourth-order valence-electron chi connectivity index (χ4n) is 2.10. The largest absolute Gasteiger partial charge is 0.207 e. The second-order valence-corrected chi connectivity index (χ2v) is 6.12. The van der Waals surface area contributed by atoms with Gasteiger partial charge in [0.2, 0.25) is 0 Å². The van der Waals surface area contributed by atoms with Gasteiger partial charge in [0.05, 0.1) is 0 Å². The van der Waals surface area contributed by atoms with E-state index in [1.54, 1.807) is 6.07 Å². The zero-order chi connectivity index (χ0) is 13.8. The number of benzene rings is 2. The third kappa shape index (κ3) is 3.80. The van der Waals surface area contributed by atoms with Crippen LogP contribution in [0.3, 0.4) is 0 Å². The average molecular weight is 342 g/mol. The molecule has 0 saturated carbocycles. The van der Waals surface area contributed by atoms with Crippen LogP contribution in [-0.4, -0.2) is 0 Å². The fraction of sp³-hybridized carbons (Fsp3) is 0.250. The molecule has 0 bridgehead atoms. The molecule has 0 spiro atoms. The first-order valence-corrected chi connectivity index (χ1v) is 7.50. The molecule has 0 nitrogen and oxygen atoms in total. The molecule has 0 aliphatic heterocycles. The van der Waals surface area contributed by atoms with Gasteiger partial charge in [0.15, 0.2) is 0 Å². The van der Waals surface area contributed by atoms with Crippen LogP contribution < -0.4 is 0 Å². The van der Waals surface area contributed by atoms with Gasteiger partial charge in [-0.05, 0) is 35.6 Å². The van der Waals surface area contributed by atoms with E-state index >= 15 is 0 Å². The molecular weight excluding hydrogens is 327 g/mol. The van der Waals surface area contributed by atoms with Gasteiger partial charge in [-0.3, -0.25) is 0 Å². The molecule has 0 N–H and O–H groups in total. The van der Waals surface area contributed by atoms with Gasteiger partial charge in [-0.15, -0.1) is 0 Å². The van der Waals surface area contributed by atoms with Crippen molar-refractivity contribution >= 4 is 27.5 Å². The van der Waals surface area contributed by atoms with Crippen molar-refractivity contribution < 1.29 is 4.39 Å². The third-order valence-electron chi connectivity index (χ3n) is 3.17. The SMILES string of the molecule is CC(Cc1ccc(F)cc1Cl)C(Br)c1ccccc1. The van der Waals surface area contributed by atoms with Crippen LogP contribution >= 0.6 is 27.5 Å². The first kappa shape index (κ1) is 14.5. The summed E-state index contributed by atoms with van der Waals surface area (Å²) >= 11 is 9.80. The summed E-state index contributed by atoms with van der Waals surface area (Å²) in [6.07, 6.45) is 0.809. The normalized spacial score (nSPS) is 14.1. The minimum Gasteiger partial charge on any atom is -0.207 e. The Hall–Kier alpha value is -0.860. The average Bonchev–Trinajstić information content (AvgIpc) is 2.42. The number of rotatable bonds is 4. The quantitative estimate of drug-likeness (QED) is 0.617. The topological polar surface area (TPSA) is 0 Å². The Balaban J connectivity index is 2.10. The van der Waals surface area contributed by atoms with Crippen LogP contribution in [0.5, 0.6) is 0 Å². The molecule has 2 atom stereocenters. The Bertz CT molecular complexity index is 542. The van der Waals surface area contributed by atoms with Crippen molar-refractivity contribution in [3.8, 4) is 0 Å². The van der Waals surface area contributed by atoms with Gasteiger partial charge in [-0.2, -0.15) is 0 Å². The molecule has 2 unspecified atom stereocenters. The summed E-state index contributed by atoms with van der Waals surface area (Å²) in [5, 5.41) is 0.500. The summed E-state index contributed by atoms with van der Waals surface area (Å²) in [4.78, 5) is 0.259. The van der Waals surface area contributed by atoms with Crippen LogP contribution in [-0.2, 0) is 6.42 Å². The molecule has 2 rings (SSSR count). The molecule has 0 aliphatic carbocycles. The maximum atomic E-state index is 13.0. The van der Waals surface area contributed by atoms with E-state index < -0.39 is 0 Å². The highest BCUT2D eigenvalue weighted by Gasteiger charge is 2.17. The van der Waals surface area contributed by atoms with E-state index in [9.17, 15) is 4.39 Å². The maximum absolute atomic E-state index is 13.0. The highest BCUT2D eigenvalue weighted by Crippen LogP contribution is 2.34. The lowest BCUT2D eigenvalue weighted by Crippen LogP contribution is -2.07. The zero-order valence-electron chi connectivity index (χ0n) is 10.6. The molecule has 3 heteroatoms. The number of alkyl halides is 1. The van der Waals surface area contributed by atoms with Crippen molar-refractivity contribution in [2.24, 2.45) is 5.92 Å². The van der Waals surface area contributed by atoms with Gasteiger partial charge in [-0.25, -0.2) is 4.39 Å². The van der Waals surface area contributed by atoms with Crippen molar-refractivity contribution in [3.05, 3.63) is 70.5 Å². The van der Waals surface area contributed by atoms with E-state index in [0.717, 1.165) is 12.0 Å². The summed E-state index contributed by atoms with van der Waals surface area (Å²) in [6.45, 7) is 2.16. The Morgan fingerprint density at radius 3 is 2.47 bits per heavy atom. The van der Waals surface area contributed by atoms with Crippen molar-refractivity contribution in [2.45, 2.75) is 18.2 Å². The molecule has 0 radical (unpaired) electrons. The maximum Gasteiger partial charge on any atom is 0.124 e.